The molecule has 25 heavy (non-hydrogen) atoms. The van der Waals surface area contributed by atoms with Gasteiger partial charge in [-0.1, -0.05) is 12.1 Å². The highest BCUT2D eigenvalue weighted by Gasteiger charge is 2.20. The van der Waals surface area contributed by atoms with Crippen molar-refractivity contribution in [1.29, 1.82) is 0 Å². The Labute approximate surface area is 144 Å². The van der Waals surface area contributed by atoms with Gasteiger partial charge in [0.15, 0.2) is 0 Å². The number of amides is 1. The van der Waals surface area contributed by atoms with E-state index in [4.69, 9.17) is 0 Å². The molecule has 3 aromatic rings. The summed E-state index contributed by atoms with van der Waals surface area (Å²) in [5.41, 5.74) is 0.488. The molecular formula is C18H19N5O2. The van der Waals surface area contributed by atoms with Crippen LogP contribution in [-0.2, 0) is 24.2 Å². The lowest BCUT2D eigenvalue weighted by Gasteiger charge is -2.24. The monoisotopic (exact) mass is 337 g/mol. The third-order valence-corrected chi connectivity index (χ3v) is 4.55. The van der Waals surface area contributed by atoms with Gasteiger partial charge < -0.3 is 14.9 Å². The number of fused-ring (bicyclic) bond motifs is 2. The number of aryl methyl sites for hydroxylation is 2. The molecule has 0 aliphatic carbocycles. The standard InChI is InChI=1S/C18H19N5O2/c24-17(20-12-5-7-16-19-9-10-23(16)11-12)8-6-15-21-14-4-2-1-3-13(14)18(25)22-15/h1-4,9-10,12H,5-8,11H2,(H,20,24)(H,21,22,25). The topological polar surface area (TPSA) is 92.7 Å². The molecule has 7 nitrogen and oxygen atoms in total. The molecule has 1 amide bonds. The lowest BCUT2D eigenvalue weighted by molar-refractivity contribution is -0.122. The van der Waals surface area contributed by atoms with Gasteiger partial charge in [0.05, 0.1) is 10.9 Å². The van der Waals surface area contributed by atoms with Crippen molar-refractivity contribution in [1.82, 2.24) is 24.8 Å². The molecule has 0 fully saturated rings. The second-order valence-electron chi connectivity index (χ2n) is 6.33. The number of carbonyl (C=O) groups excluding carboxylic acids is 1. The van der Waals surface area contributed by atoms with Crippen molar-refractivity contribution in [2.45, 2.75) is 38.3 Å². The van der Waals surface area contributed by atoms with E-state index in [0.29, 0.717) is 29.6 Å². The first-order valence-electron chi connectivity index (χ1n) is 8.46. The highest BCUT2D eigenvalue weighted by Crippen LogP contribution is 2.13. The molecule has 0 bridgehead atoms. The molecule has 0 spiro atoms. The zero-order valence-electron chi connectivity index (χ0n) is 13.7. The molecule has 2 N–H and O–H groups in total. The molecule has 0 radical (unpaired) electrons. The van der Waals surface area contributed by atoms with Crippen molar-refractivity contribution < 1.29 is 4.79 Å². The van der Waals surface area contributed by atoms with Crippen LogP contribution in [0.3, 0.4) is 0 Å². The van der Waals surface area contributed by atoms with Gasteiger partial charge in [0.25, 0.3) is 5.56 Å². The fraction of sp³-hybridized carbons (Fsp3) is 0.333. The van der Waals surface area contributed by atoms with E-state index in [2.05, 4.69) is 24.8 Å². The molecule has 2 aromatic heterocycles. The Bertz CT molecular complexity index is 975. The molecule has 1 aromatic carbocycles. The SMILES string of the molecule is O=C(CCc1nc2ccccc2c(=O)[nH]1)NC1CCc2nccn2C1. The molecule has 1 aliphatic rings. The van der Waals surface area contributed by atoms with Crippen molar-refractivity contribution in [2.75, 3.05) is 0 Å². The van der Waals surface area contributed by atoms with Crippen LogP contribution in [0.5, 0.6) is 0 Å². The predicted molar refractivity (Wildman–Crippen MR) is 93.2 cm³/mol. The molecule has 7 heteroatoms. The summed E-state index contributed by atoms with van der Waals surface area (Å²) >= 11 is 0. The lowest BCUT2D eigenvalue weighted by atomic mass is 10.1. The summed E-state index contributed by atoms with van der Waals surface area (Å²) in [6.07, 6.45) is 6.22. The van der Waals surface area contributed by atoms with Crippen molar-refractivity contribution in [2.24, 2.45) is 0 Å². The van der Waals surface area contributed by atoms with Crippen molar-refractivity contribution in [3.63, 3.8) is 0 Å². The first-order chi connectivity index (χ1) is 12.2. The Hall–Kier alpha value is -2.96. The Morgan fingerprint density at radius 1 is 1.36 bits per heavy atom. The highest BCUT2D eigenvalue weighted by molar-refractivity contribution is 5.78. The minimum Gasteiger partial charge on any atom is -0.352 e. The van der Waals surface area contributed by atoms with Crippen LogP contribution < -0.4 is 10.9 Å². The van der Waals surface area contributed by atoms with Gasteiger partial charge in [-0.3, -0.25) is 9.59 Å². The first kappa shape index (κ1) is 15.6. The zero-order valence-corrected chi connectivity index (χ0v) is 13.7. The molecule has 1 atom stereocenters. The molecule has 1 aliphatic heterocycles. The number of carbonyl (C=O) groups is 1. The molecule has 3 heterocycles. The fourth-order valence-corrected chi connectivity index (χ4v) is 3.27. The Morgan fingerprint density at radius 3 is 3.16 bits per heavy atom. The van der Waals surface area contributed by atoms with Crippen LogP contribution in [0.25, 0.3) is 10.9 Å². The summed E-state index contributed by atoms with van der Waals surface area (Å²) in [4.78, 5) is 35.8. The minimum absolute atomic E-state index is 0.0237. The second-order valence-corrected chi connectivity index (χ2v) is 6.33. The maximum atomic E-state index is 12.2. The first-order valence-corrected chi connectivity index (χ1v) is 8.46. The highest BCUT2D eigenvalue weighted by atomic mass is 16.1. The summed E-state index contributed by atoms with van der Waals surface area (Å²) in [5, 5.41) is 3.63. The number of benzene rings is 1. The third-order valence-electron chi connectivity index (χ3n) is 4.55. The molecule has 128 valence electrons. The number of rotatable bonds is 4. The predicted octanol–water partition coefficient (Wildman–Crippen LogP) is 1.18. The third kappa shape index (κ3) is 3.31. The van der Waals surface area contributed by atoms with Crippen LogP contribution in [0.1, 0.15) is 24.5 Å². The van der Waals surface area contributed by atoms with Crippen LogP contribution in [-0.4, -0.2) is 31.5 Å². The Kier molecular flexibility index (Phi) is 4.05. The quantitative estimate of drug-likeness (QED) is 0.748. The van der Waals surface area contributed by atoms with E-state index in [1.165, 1.54) is 0 Å². The van der Waals surface area contributed by atoms with E-state index in [0.717, 1.165) is 25.2 Å². The van der Waals surface area contributed by atoms with Crippen LogP contribution in [0, 0.1) is 0 Å². The van der Waals surface area contributed by atoms with Gasteiger partial charge in [0, 0.05) is 44.2 Å². The van der Waals surface area contributed by atoms with Crippen LogP contribution in [0.2, 0.25) is 0 Å². The van der Waals surface area contributed by atoms with E-state index in [-0.39, 0.29) is 17.5 Å². The second kappa shape index (κ2) is 6.51. The number of para-hydroxylation sites is 1. The summed E-state index contributed by atoms with van der Waals surface area (Å²) in [7, 11) is 0. The number of H-pyrrole nitrogens is 1. The van der Waals surface area contributed by atoms with E-state index in [1.807, 2.05) is 18.3 Å². The molecule has 1 unspecified atom stereocenters. The Morgan fingerprint density at radius 2 is 2.24 bits per heavy atom. The van der Waals surface area contributed by atoms with E-state index in [9.17, 15) is 9.59 Å². The van der Waals surface area contributed by atoms with Crippen molar-refractivity contribution >= 4 is 16.8 Å². The van der Waals surface area contributed by atoms with Gasteiger partial charge >= 0.3 is 0 Å². The summed E-state index contributed by atoms with van der Waals surface area (Å²) in [5.74, 6) is 1.59. The zero-order chi connectivity index (χ0) is 17.2. The van der Waals surface area contributed by atoms with E-state index >= 15 is 0 Å². The lowest BCUT2D eigenvalue weighted by Crippen LogP contribution is -2.41. The normalized spacial score (nSPS) is 16.6. The summed E-state index contributed by atoms with van der Waals surface area (Å²) < 4.78 is 2.08. The van der Waals surface area contributed by atoms with E-state index < -0.39 is 0 Å². The number of aromatic amines is 1. The maximum Gasteiger partial charge on any atom is 0.258 e. The minimum atomic E-state index is -0.166. The summed E-state index contributed by atoms with van der Waals surface area (Å²) in [6.45, 7) is 0.756. The van der Waals surface area contributed by atoms with Gasteiger partial charge in [-0.05, 0) is 18.6 Å². The molecule has 0 saturated heterocycles. The van der Waals surface area contributed by atoms with Gasteiger partial charge in [-0.2, -0.15) is 0 Å². The van der Waals surface area contributed by atoms with Crippen LogP contribution in [0.4, 0.5) is 0 Å². The van der Waals surface area contributed by atoms with Crippen LogP contribution in [0.15, 0.2) is 41.5 Å². The largest absolute Gasteiger partial charge is 0.352 e. The molecular weight excluding hydrogens is 318 g/mol. The average Bonchev–Trinajstić information content (AvgIpc) is 3.08. The number of imidazole rings is 1. The smallest absolute Gasteiger partial charge is 0.258 e. The number of hydrogen-bond acceptors (Lipinski definition) is 4. The fourth-order valence-electron chi connectivity index (χ4n) is 3.27. The van der Waals surface area contributed by atoms with Gasteiger partial charge in [0.1, 0.15) is 11.6 Å². The van der Waals surface area contributed by atoms with Crippen molar-refractivity contribution in [3.05, 3.63) is 58.7 Å². The van der Waals surface area contributed by atoms with Crippen molar-refractivity contribution in [3.8, 4) is 0 Å². The number of hydrogen-bond donors (Lipinski definition) is 2. The molecule has 4 rings (SSSR count). The Balaban J connectivity index is 1.37. The average molecular weight is 337 g/mol. The van der Waals surface area contributed by atoms with Gasteiger partial charge in [-0.15, -0.1) is 0 Å². The number of aromatic nitrogens is 4. The van der Waals surface area contributed by atoms with Gasteiger partial charge in [-0.25, -0.2) is 9.97 Å². The van der Waals surface area contributed by atoms with E-state index in [1.54, 1.807) is 18.3 Å². The van der Waals surface area contributed by atoms with Crippen LogP contribution >= 0.6 is 0 Å². The number of nitrogens with zero attached hydrogens (tertiary/aromatic N) is 3. The van der Waals surface area contributed by atoms with Gasteiger partial charge in [0.2, 0.25) is 5.91 Å². The molecule has 0 saturated carbocycles. The summed E-state index contributed by atoms with van der Waals surface area (Å²) in [6, 6.07) is 7.32. The maximum absolute atomic E-state index is 12.2. The number of nitrogens with one attached hydrogen (secondary N) is 2.